The minimum atomic E-state index is -0.562. The van der Waals surface area contributed by atoms with Crippen molar-refractivity contribution in [1.82, 2.24) is 10.2 Å². The van der Waals surface area contributed by atoms with E-state index in [0.717, 1.165) is 23.4 Å². The van der Waals surface area contributed by atoms with Gasteiger partial charge in [0.1, 0.15) is 0 Å². The Bertz CT molecular complexity index is 642. The van der Waals surface area contributed by atoms with E-state index in [0.29, 0.717) is 0 Å². The van der Waals surface area contributed by atoms with Gasteiger partial charge in [0.2, 0.25) is 0 Å². The quantitative estimate of drug-likeness (QED) is 0.917. The number of anilines is 1. The van der Waals surface area contributed by atoms with E-state index >= 15 is 0 Å². The number of carbonyl (C=O) groups is 1. The van der Waals surface area contributed by atoms with Crippen LogP contribution in [0.15, 0.2) is 34.8 Å². The highest BCUT2D eigenvalue weighted by atomic mass is 79.9. The third-order valence-electron chi connectivity index (χ3n) is 3.12. The van der Waals surface area contributed by atoms with Gasteiger partial charge in [-0.1, -0.05) is 22.0 Å². The lowest BCUT2D eigenvalue weighted by atomic mass is 10.1. The molecule has 3 rings (SSSR count). The summed E-state index contributed by atoms with van der Waals surface area (Å²) in [5.41, 5.74) is 7.88. The normalized spacial score (nSPS) is 13.4. The molecule has 1 aliphatic heterocycles. The van der Waals surface area contributed by atoms with Gasteiger partial charge in [0.25, 0.3) is 5.91 Å². The number of hydrogen-bond donors (Lipinski definition) is 1. The van der Waals surface area contributed by atoms with Gasteiger partial charge in [-0.25, -0.2) is 0 Å². The molecule has 0 atom stereocenters. The molecule has 1 aromatic heterocycles. The Hall–Kier alpha value is -1.95. The van der Waals surface area contributed by atoms with Gasteiger partial charge in [-0.15, -0.1) is 10.2 Å². The van der Waals surface area contributed by atoms with Crippen LogP contribution < -0.4 is 10.6 Å². The van der Waals surface area contributed by atoms with Crippen LogP contribution in [0.25, 0.3) is 0 Å². The monoisotopic (exact) mass is 318 g/mol. The summed E-state index contributed by atoms with van der Waals surface area (Å²) in [6, 6.07) is 9.62. The molecule has 2 N–H and O–H groups in total. The van der Waals surface area contributed by atoms with Crippen LogP contribution in [0.2, 0.25) is 0 Å². The van der Waals surface area contributed by atoms with Crippen LogP contribution in [-0.4, -0.2) is 16.1 Å². The van der Waals surface area contributed by atoms with Gasteiger partial charge < -0.3 is 10.6 Å². The van der Waals surface area contributed by atoms with Gasteiger partial charge in [0.15, 0.2) is 11.5 Å². The van der Waals surface area contributed by atoms with E-state index in [-0.39, 0.29) is 5.69 Å². The van der Waals surface area contributed by atoms with Gasteiger partial charge in [0, 0.05) is 17.6 Å². The summed E-state index contributed by atoms with van der Waals surface area (Å²) in [5, 5.41) is 7.88. The number of rotatable bonds is 2. The average Bonchev–Trinajstić information content (AvgIpc) is 2.81. The van der Waals surface area contributed by atoms with Crippen molar-refractivity contribution >= 4 is 27.7 Å². The number of nitrogens with two attached hydrogens (primary N) is 1. The maximum atomic E-state index is 11.0. The first kappa shape index (κ1) is 12.1. The zero-order valence-corrected chi connectivity index (χ0v) is 11.6. The molecule has 96 valence electrons. The number of halogens is 1. The van der Waals surface area contributed by atoms with Gasteiger partial charge in [-0.05, 0) is 35.4 Å². The van der Waals surface area contributed by atoms with Crippen molar-refractivity contribution in [3.8, 4) is 0 Å². The first-order valence-electron chi connectivity index (χ1n) is 5.79. The summed E-state index contributed by atoms with van der Waals surface area (Å²) in [6.45, 7) is 1.59. The van der Waals surface area contributed by atoms with Gasteiger partial charge >= 0.3 is 0 Å². The van der Waals surface area contributed by atoms with Gasteiger partial charge in [0.05, 0.1) is 0 Å². The van der Waals surface area contributed by atoms with Crippen molar-refractivity contribution in [2.24, 2.45) is 5.73 Å². The Morgan fingerprint density at radius 1 is 1.16 bits per heavy atom. The molecule has 1 amide bonds. The summed E-state index contributed by atoms with van der Waals surface area (Å²) in [7, 11) is 0. The predicted molar refractivity (Wildman–Crippen MR) is 74.6 cm³/mol. The number of primary amides is 1. The molecule has 1 aliphatic rings. The van der Waals surface area contributed by atoms with Crippen LogP contribution in [0.4, 0.5) is 5.82 Å². The fourth-order valence-electron chi connectivity index (χ4n) is 2.15. The van der Waals surface area contributed by atoms with E-state index in [9.17, 15) is 4.79 Å². The standard InChI is InChI=1S/C13H11BrN4O/c14-10-2-1-8-6-18(7-9(8)5-10)12-4-3-11(13(15)19)16-17-12/h1-5H,6-7H2,(H2,15,19). The molecule has 5 nitrogen and oxygen atoms in total. The smallest absolute Gasteiger partial charge is 0.269 e. The lowest BCUT2D eigenvalue weighted by Crippen LogP contribution is -2.19. The molecule has 0 radical (unpaired) electrons. The van der Waals surface area contributed by atoms with Crippen LogP contribution in [0, 0.1) is 0 Å². The van der Waals surface area contributed by atoms with Crippen LogP contribution in [0.3, 0.4) is 0 Å². The maximum Gasteiger partial charge on any atom is 0.269 e. The van der Waals surface area contributed by atoms with E-state index in [1.54, 1.807) is 12.1 Å². The lowest BCUT2D eigenvalue weighted by molar-refractivity contribution is 0.0994. The van der Waals surface area contributed by atoms with Gasteiger partial charge in [-0.2, -0.15) is 0 Å². The topological polar surface area (TPSA) is 72.1 Å². The fourth-order valence-corrected chi connectivity index (χ4v) is 2.56. The van der Waals surface area contributed by atoms with E-state index < -0.39 is 5.91 Å². The maximum absolute atomic E-state index is 11.0. The van der Waals surface area contributed by atoms with E-state index in [4.69, 9.17) is 5.73 Å². The second kappa shape index (κ2) is 4.62. The Kier molecular flexibility index (Phi) is 2.94. The SMILES string of the molecule is NC(=O)c1ccc(N2Cc3ccc(Br)cc3C2)nn1. The molecule has 19 heavy (non-hydrogen) atoms. The van der Waals surface area contributed by atoms with Crippen molar-refractivity contribution in [1.29, 1.82) is 0 Å². The van der Waals surface area contributed by atoms with Crippen molar-refractivity contribution < 1.29 is 4.79 Å². The summed E-state index contributed by atoms with van der Waals surface area (Å²) in [5.74, 6) is 0.185. The molecule has 0 aliphatic carbocycles. The summed E-state index contributed by atoms with van der Waals surface area (Å²) < 4.78 is 1.07. The highest BCUT2D eigenvalue weighted by Crippen LogP contribution is 2.28. The highest BCUT2D eigenvalue weighted by Gasteiger charge is 2.20. The largest absolute Gasteiger partial charge is 0.364 e. The Morgan fingerprint density at radius 3 is 2.63 bits per heavy atom. The van der Waals surface area contributed by atoms with Crippen molar-refractivity contribution in [3.63, 3.8) is 0 Å². The predicted octanol–water partition coefficient (Wildman–Crippen LogP) is 1.86. The number of nitrogens with zero attached hydrogens (tertiary/aromatic N) is 3. The van der Waals surface area contributed by atoms with E-state index in [2.05, 4.69) is 43.2 Å². The minimum absolute atomic E-state index is 0.184. The number of carbonyl (C=O) groups excluding carboxylic acids is 1. The van der Waals surface area contributed by atoms with Crippen molar-refractivity contribution in [2.45, 2.75) is 13.1 Å². The van der Waals surface area contributed by atoms with Crippen molar-refractivity contribution in [2.75, 3.05) is 4.90 Å². The second-order valence-electron chi connectivity index (χ2n) is 4.41. The summed E-state index contributed by atoms with van der Waals surface area (Å²) >= 11 is 3.47. The molecular formula is C13H11BrN4O. The Morgan fingerprint density at radius 2 is 1.95 bits per heavy atom. The first-order valence-corrected chi connectivity index (χ1v) is 6.58. The Balaban J connectivity index is 1.84. The third-order valence-corrected chi connectivity index (χ3v) is 3.61. The first-order chi connectivity index (χ1) is 9.13. The number of fused-ring (bicyclic) bond motifs is 1. The van der Waals surface area contributed by atoms with Crippen LogP contribution in [0.1, 0.15) is 21.6 Å². The molecular weight excluding hydrogens is 308 g/mol. The minimum Gasteiger partial charge on any atom is -0.364 e. The number of hydrogen-bond acceptors (Lipinski definition) is 4. The molecule has 0 saturated carbocycles. The third kappa shape index (κ3) is 2.31. The van der Waals surface area contributed by atoms with Crippen molar-refractivity contribution in [3.05, 3.63) is 51.6 Å². The second-order valence-corrected chi connectivity index (χ2v) is 5.33. The van der Waals surface area contributed by atoms with Crippen LogP contribution in [-0.2, 0) is 13.1 Å². The molecule has 2 heterocycles. The summed E-state index contributed by atoms with van der Waals surface area (Å²) in [6.07, 6.45) is 0. The van der Waals surface area contributed by atoms with Crippen LogP contribution >= 0.6 is 15.9 Å². The molecule has 0 bridgehead atoms. The van der Waals surface area contributed by atoms with Crippen LogP contribution in [0.5, 0.6) is 0 Å². The van der Waals surface area contributed by atoms with Gasteiger partial charge in [-0.3, -0.25) is 4.79 Å². The highest BCUT2D eigenvalue weighted by molar-refractivity contribution is 9.10. The zero-order chi connectivity index (χ0) is 13.4. The fraction of sp³-hybridized carbons (Fsp3) is 0.154. The molecule has 1 aromatic carbocycles. The number of benzene rings is 1. The van der Waals surface area contributed by atoms with E-state index in [1.165, 1.54) is 11.1 Å². The molecule has 6 heteroatoms. The van der Waals surface area contributed by atoms with E-state index in [1.807, 2.05) is 6.07 Å². The lowest BCUT2D eigenvalue weighted by Gasteiger charge is -2.15. The number of amides is 1. The molecule has 2 aromatic rings. The Labute approximate surface area is 118 Å². The average molecular weight is 319 g/mol. The summed E-state index contributed by atoms with van der Waals surface area (Å²) in [4.78, 5) is 13.1. The molecule has 0 spiro atoms. The molecule has 0 fully saturated rings. The molecule has 0 saturated heterocycles. The zero-order valence-electron chi connectivity index (χ0n) is 10.0. The number of aromatic nitrogens is 2. The molecule has 0 unspecified atom stereocenters.